The van der Waals surface area contributed by atoms with Crippen LogP contribution in [0.5, 0.6) is 0 Å². The molecule has 0 saturated carbocycles. The summed E-state index contributed by atoms with van der Waals surface area (Å²) in [6.45, 7) is 4.55. The summed E-state index contributed by atoms with van der Waals surface area (Å²) in [5.41, 5.74) is 7.69. The molecule has 4 heterocycles. The standard InChI is InChI=1S/C16H20N8O2/c1-10(9-25)24-14-12(8-20-24)13(11-6-18-15(17)19-7-11)21-16(22-14)23-2-4-26-5-3-23/h6-8,10,25H,2-5,9H2,1H3,(H2,17,18,19). The number of ether oxygens (including phenoxy) is 1. The lowest BCUT2D eigenvalue weighted by atomic mass is 10.2. The smallest absolute Gasteiger partial charge is 0.228 e. The average molecular weight is 356 g/mol. The van der Waals surface area contributed by atoms with Gasteiger partial charge in [-0.3, -0.25) is 0 Å². The van der Waals surface area contributed by atoms with Crippen LogP contribution in [0, 0.1) is 0 Å². The van der Waals surface area contributed by atoms with Gasteiger partial charge in [0.15, 0.2) is 5.65 Å². The van der Waals surface area contributed by atoms with E-state index in [1.54, 1.807) is 23.3 Å². The molecule has 10 heteroatoms. The fraction of sp³-hybridized carbons (Fsp3) is 0.438. The number of fused-ring (bicyclic) bond motifs is 1. The van der Waals surface area contributed by atoms with E-state index in [0.29, 0.717) is 43.6 Å². The van der Waals surface area contributed by atoms with Gasteiger partial charge in [-0.15, -0.1) is 0 Å². The lowest BCUT2D eigenvalue weighted by Crippen LogP contribution is -2.37. The van der Waals surface area contributed by atoms with Crippen molar-refractivity contribution in [2.75, 3.05) is 43.5 Å². The molecule has 0 aromatic carbocycles. The molecule has 1 aliphatic rings. The highest BCUT2D eigenvalue weighted by Crippen LogP contribution is 2.29. The lowest BCUT2D eigenvalue weighted by Gasteiger charge is -2.27. The number of aromatic nitrogens is 6. The molecule has 0 spiro atoms. The van der Waals surface area contributed by atoms with Crippen molar-refractivity contribution in [2.45, 2.75) is 13.0 Å². The van der Waals surface area contributed by atoms with E-state index in [9.17, 15) is 5.11 Å². The zero-order valence-corrected chi connectivity index (χ0v) is 14.4. The van der Waals surface area contributed by atoms with E-state index in [4.69, 9.17) is 20.4 Å². The Labute approximate surface area is 149 Å². The summed E-state index contributed by atoms with van der Waals surface area (Å²) in [6, 6.07) is -0.199. The van der Waals surface area contributed by atoms with Crippen molar-refractivity contribution >= 4 is 22.9 Å². The summed E-state index contributed by atoms with van der Waals surface area (Å²) >= 11 is 0. The summed E-state index contributed by atoms with van der Waals surface area (Å²) < 4.78 is 7.13. The number of aliphatic hydroxyl groups excluding tert-OH is 1. The van der Waals surface area contributed by atoms with Crippen LogP contribution in [-0.4, -0.2) is 67.7 Å². The van der Waals surface area contributed by atoms with Crippen molar-refractivity contribution in [1.29, 1.82) is 0 Å². The Morgan fingerprint density at radius 2 is 1.92 bits per heavy atom. The van der Waals surface area contributed by atoms with E-state index in [1.165, 1.54) is 0 Å². The Morgan fingerprint density at radius 3 is 2.62 bits per heavy atom. The van der Waals surface area contributed by atoms with Crippen molar-refractivity contribution < 1.29 is 9.84 Å². The molecular formula is C16H20N8O2. The molecule has 1 aliphatic heterocycles. The minimum Gasteiger partial charge on any atom is -0.394 e. The number of hydrogen-bond acceptors (Lipinski definition) is 9. The average Bonchev–Trinajstić information content (AvgIpc) is 3.12. The fourth-order valence-corrected chi connectivity index (χ4v) is 2.90. The van der Waals surface area contributed by atoms with Gasteiger partial charge in [-0.2, -0.15) is 10.1 Å². The van der Waals surface area contributed by atoms with Gasteiger partial charge in [0.1, 0.15) is 0 Å². The fourth-order valence-electron chi connectivity index (χ4n) is 2.90. The van der Waals surface area contributed by atoms with Gasteiger partial charge in [0.25, 0.3) is 0 Å². The highest BCUT2D eigenvalue weighted by molar-refractivity contribution is 5.91. The Hall–Kier alpha value is -2.85. The molecule has 1 atom stereocenters. The maximum absolute atomic E-state index is 9.54. The molecule has 3 N–H and O–H groups in total. The largest absolute Gasteiger partial charge is 0.394 e. The second-order valence-corrected chi connectivity index (χ2v) is 6.16. The van der Waals surface area contributed by atoms with Gasteiger partial charge in [-0.25, -0.2) is 19.6 Å². The molecule has 0 amide bonds. The van der Waals surface area contributed by atoms with Crippen LogP contribution in [0.3, 0.4) is 0 Å². The normalized spacial score (nSPS) is 16.2. The molecule has 0 radical (unpaired) electrons. The zero-order chi connectivity index (χ0) is 18.1. The summed E-state index contributed by atoms with van der Waals surface area (Å²) in [6.07, 6.45) is 4.98. The second kappa shape index (κ2) is 6.81. The molecular weight excluding hydrogens is 336 g/mol. The van der Waals surface area contributed by atoms with Crippen molar-refractivity contribution in [3.63, 3.8) is 0 Å². The molecule has 1 unspecified atom stereocenters. The zero-order valence-electron chi connectivity index (χ0n) is 14.4. The Kier molecular flexibility index (Phi) is 4.35. The molecule has 4 rings (SSSR count). The quantitative estimate of drug-likeness (QED) is 0.676. The van der Waals surface area contributed by atoms with E-state index in [-0.39, 0.29) is 18.6 Å². The number of anilines is 2. The third-order valence-corrected chi connectivity index (χ3v) is 4.36. The lowest BCUT2D eigenvalue weighted by molar-refractivity contribution is 0.122. The number of nitrogen functional groups attached to an aromatic ring is 1. The number of nitrogens with two attached hydrogens (primary N) is 1. The first-order valence-corrected chi connectivity index (χ1v) is 8.44. The Morgan fingerprint density at radius 1 is 1.19 bits per heavy atom. The third-order valence-electron chi connectivity index (χ3n) is 4.36. The van der Waals surface area contributed by atoms with Gasteiger partial charge in [-0.1, -0.05) is 0 Å². The highest BCUT2D eigenvalue weighted by atomic mass is 16.5. The number of aliphatic hydroxyl groups is 1. The minimum absolute atomic E-state index is 0.0337. The first-order valence-electron chi connectivity index (χ1n) is 8.44. The SMILES string of the molecule is CC(CO)n1ncc2c(-c3cnc(N)nc3)nc(N3CCOCC3)nc21. The van der Waals surface area contributed by atoms with Crippen LogP contribution in [0.15, 0.2) is 18.6 Å². The van der Waals surface area contributed by atoms with E-state index in [1.807, 2.05) is 6.92 Å². The molecule has 136 valence electrons. The van der Waals surface area contributed by atoms with Gasteiger partial charge >= 0.3 is 0 Å². The van der Waals surface area contributed by atoms with Crippen LogP contribution < -0.4 is 10.6 Å². The van der Waals surface area contributed by atoms with E-state index in [2.05, 4.69) is 20.0 Å². The Balaban J connectivity index is 1.90. The molecule has 3 aromatic heterocycles. The third kappa shape index (κ3) is 2.93. The van der Waals surface area contributed by atoms with Crippen LogP contribution in [0.25, 0.3) is 22.3 Å². The molecule has 10 nitrogen and oxygen atoms in total. The van der Waals surface area contributed by atoms with Crippen molar-refractivity contribution in [3.8, 4) is 11.3 Å². The Bertz CT molecular complexity index is 905. The minimum atomic E-state index is -0.199. The predicted molar refractivity (Wildman–Crippen MR) is 95.6 cm³/mol. The van der Waals surface area contributed by atoms with Crippen molar-refractivity contribution in [3.05, 3.63) is 18.6 Å². The predicted octanol–water partition coefficient (Wildman–Crippen LogP) is 0.255. The van der Waals surface area contributed by atoms with Crippen molar-refractivity contribution in [1.82, 2.24) is 29.7 Å². The first-order chi connectivity index (χ1) is 12.7. The van der Waals surface area contributed by atoms with Crippen LogP contribution in [0.4, 0.5) is 11.9 Å². The number of hydrogen-bond donors (Lipinski definition) is 2. The summed E-state index contributed by atoms with van der Waals surface area (Å²) in [5, 5.41) is 14.7. The van der Waals surface area contributed by atoms with Gasteiger partial charge in [0.2, 0.25) is 11.9 Å². The molecule has 1 fully saturated rings. The number of nitrogens with zero attached hydrogens (tertiary/aromatic N) is 7. The molecule has 3 aromatic rings. The maximum Gasteiger partial charge on any atom is 0.228 e. The van der Waals surface area contributed by atoms with Gasteiger partial charge in [0.05, 0.1) is 43.1 Å². The van der Waals surface area contributed by atoms with Crippen LogP contribution in [0.2, 0.25) is 0 Å². The van der Waals surface area contributed by atoms with Crippen molar-refractivity contribution in [2.24, 2.45) is 0 Å². The summed E-state index contributed by atoms with van der Waals surface area (Å²) in [7, 11) is 0. The van der Waals surface area contributed by atoms with E-state index >= 15 is 0 Å². The van der Waals surface area contributed by atoms with Gasteiger partial charge < -0.3 is 20.5 Å². The molecule has 1 saturated heterocycles. The topological polar surface area (TPSA) is 128 Å². The molecule has 26 heavy (non-hydrogen) atoms. The van der Waals surface area contributed by atoms with E-state index in [0.717, 1.165) is 10.9 Å². The number of rotatable bonds is 4. The summed E-state index contributed by atoms with van der Waals surface area (Å²) in [4.78, 5) is 19.7. The monoisotopic (exact) mass is 356 g/mol. The number of morpholine rings is 1. The first kappa shape index (κ1) is 16.6. The second-order valence-electron chi connectivity index (χ2n) is 6.16. The van der Waals surface area contributed by atoms with Crippen LogP contribution >= 0.6 is 0 Å². The van der Waals surface area contributed by atoms with Gasteiger partial charge in [0, 0.05) is 31.0 Å². The van der Waals surface area contributed by atoms with Crippen LogP contribution in [0.1, 0.15) is 13.0 Å². The molecule has 0 bridgehead atoms. The van der Waals surface area contributed by atoms with Gasteiger partial charge in [-0.05, 0) is 6.92 Å². The maximum atomic E-state index is 9.54. The molecule has 0 aliphatic carbocycles. The van der Waals surface area contributed by atoms with E-state index < -0.39 is 0 Å². The summed E-state index contributed by atoms with van der Waals surface area (Å²) in [5.74, 6) is 0.802. The van der Waals surface area contributed by atoms with Crippen LogP contribution in [-0.2, 0) is 4.74 Å². The highest BCUT2D eigenvalue weighted by Gasteiger charge is 2.21.